The van der Waals surface area contributed by atoms with E-state index in [1.807, 2.05) is 55.5 Å². The van der Waals surface area contributed by atoms with E-state index in [1.165, 1.54) is 0 Å². The first-order valence-corrected chi connectivity index (χ1v) is 9.27. The first kappa shape index (κ1) is 16.2. The summed E-state index contributed by atoms with van der Waals surface area (Å²) in [6.45, 7) is 2.59. The van der Waals surface area contributed by atoms with Crippen molar-refractivity contribution < 1.29 is 4.74 Å². The lowest BCUT2D eigenvalue weighted by molar-refractivity contribution is 0.339. The molecule has 3 aromatic rings. The number of fused-ring (bicyclic) bond motifs is 1. The van der Waals surface area contributed by atoms with E-state index < -0.39 is 0 Å². The first-order valence-electron chi connectivity index (χ1n) is 7.90. The van der Waals surface area contributed by atoms with Gasteiger partial charge in [-0.1, -0.05) is 35.5 Å². The SMILES string of the molecule is CCOc1ccccc1C1=Nn2c(nnc2-c2ccc(Cl)cc2)SC1. The Labute approximate surface area is 154 Å². The van der Waals surface area contributed by atoms with Crippen LogP contribution in [0.5, 0.6) is 5.75 Å². The van der Waals surface area contributed by atoms with Crippen LogP contribution in [0.1, 0.15) is 12.5 Å². The Morgan fingerprint density at radius 2 is 1.92 bits per heavy atom. The fourth-order valence-corrected chi connectivity index (χ4v) is 3.58. The number of aromatic nitrogens is 3. The van der Waals surface area contributed by atoms with Crippen molar-refractivity contribution in [3.05, 3.63) is 59.1 Å². The molecule has 1 aliphatic rings. The Morgan fingerprint density at radius 1 is 1.12 bits per heavy atom. The first-order chi connectivity index (χ1) is 12.3. The van der Waals surface area contributed by atoms with Crippen LogP contribution < -0.4 is 4.74 Å². The lowest BCUT2D eigenvalue weighted by atomic mass is 10.1. The molecule has 7 heteroatoms. The van der Waals surface area contributed by atoms with Crippen molar-refractivity contribution in [3.63, 3.8) is 0 Å². The molecule has 0 saturated heterocycles. The van der Waals surface area contributed by atoms with Crippen molar-refractivity contribution in [1.29, 1.82) is 0 Å². The second kappa shape index (κ2) is 6.90. The van der Waals surface area contributed by atoms with E-state index in [4.69, 9.17) is 21.4 Å². The second-order valence-electron chi connectivity index (χ2n) is 5.39. The van der Waals surface area contributed by atoms with Crippen molar-refractivity contribution in [2.75, 3.05) is 12.4 Å². The Hall–Kier alpha value is -2.31. The number of rotatable bonds is 4. The molecule has 0 aliphatic carbocycles. The molecular formula is C18H15ClN4OS. The monoisotopic (exact) mass is 370 g/mol. The molecule has 126 valence electrons. The Morgan fingerprint density at radius 3 is 2.72 bits per heavy atom. The number of ether oxygens (including phenoxy) is 1. The second-order valence-corrected chi connectivity index (χ2v) is 6.77. The lowest BCUT2D eigenvalue weighted by Crippen LogP contribution is -2.15. The predicted molar refractivity (Wildman–Crippen MR) is 101 cm³/mol. The van der Waals surface area contributed by atoms with Crippen molar-refractivity contribution in [2.45, 2.75) is 12.1 Å². The molecule has 0 amide bonds. The highest BCUT2D eigenvalue weighted by atomic mass is 35.5. The summed E-state index contributed by atoms with van der Waals surface area (Å²) in [5, 5.41) is 14.8. The van der Waals surface area contributed by atoms with E-state index in [1.54, 1.807) is 16.4 Å². The zero-order valence-electron chi connectivity index (χ0n) is 13.5. The van der Waals surface area contributed by atoms with Crippen LogP contribution in [-0.4, -0.2) is 32.9 Å². The van der Waals surface area contributed by atoms with Gasteiger partial charge in [0.15, 0.2) is 5.82 Å². The molecule has 0 atom stereocenters. The summed E-state index contributed by atoms with van der Waals surface area (Å²) in [5.41, 5.74) is 2.86. The summed E-state index contributed by atoms with van der Waals surface area (Å²) < 4.78 is 7.53. The number of benzene rings is 2. The molecule has 2 aromatic carbocycles. The van der Waals surface area contributed by atoms with Gasteiger partial charge in [-0.3, -0.25) is 0 Å². The largest absolute Gasteiger partial charge is 0.493 e. The standard InChI is InChI=1S/C18H15ClN4OS/c1-2-24-16-6-4-3-5-14(16)15-11-25-18-21-20-17(23(18)22-15)12-7-9-13(19)10-8-12/h3-10H,2,11H2,1H3. The van der Waals surface area contributed by atoms with Gasteiger partial charge in [0, 0.05) is 21.9 Å². The Balaban J connectivity index is 1.78. The molecule has 1 aromatic heterocycles. The summed E-state index contributed by atoms with van der Waals surface area (Å²) in [5.74, 6) is 2.27. The Bertz CT molecular complexity index is 937. The van der Waals surface area contributed by atoms with Crippen LogP contribution in [0.25, 0.3) is 11.4 Å². The third kappa shape index (κ3) is 3.15. The molecule has 1 aliphatic heterocycles. The topological polar surface area (TPSA) is 52.3 Å². The van der Waals surface area contributed by atoms with Gasteiger partial charge in [-0.25, -0.2) is 0 Å². The minimum atomic E-state index is 0.616. The maximum absolute atomic E-state index is 5.98. The third-order valence-corrected chi connectivity index (χ3v) is 4.95. The van der Waals surface area contributed by atoms with E-state index in [0.717, 1.165) is 33.5 Å². The molecular weight excluding hydrogens is 356 g/mol. The molecule has 2 heterocycles. The quantitative estimate of drug-likeness (QED) is 0.684. The van der Waals surface area contributed by atoms with E-state index in [-0.39, 0.29) is 0 Å². The third-order valence-electron chi connectivity index (χ3n) is 3.77. The minimum absolute atomic E-state index is 0.616. The molecule has 0 fully saturated rings. The van der Waals surface area contributed by atoms with Crippen LogP contribution in [0.4, 0.5) is 0 Å². The minimum Gasteiger partial charge on any atom is -0.493 e. The number of hydrogen-bond acceptors (Lipinski definition) is 5. The van der Waals surface area contributed by atoms with Crippen molar-refractivity contribution in [1.82, 2.24) is 14.9 Å². The molecule has 25 heavy (non-hydrogen) atoms. The summed E-state index contributed by atoms with van der Waals surface area (Å²) in [6.07, 6.45) is 0. The highest BCUT2D eigenvalue weighted by Gasteiger charge is 2.22. The fraction of sp³-hybridized carbons (Fsp3) is 0.167. The number of thioether (sulfide) groups is 1. The van der Waals surface area contributed by atoms with Gasteiger partial charge in [-0.2, -0.15) is 9.78 Å². The number of halogens is 1. The summed E-state index contributed by atoms with van der Waals surface area (Å²) in [4.78, 5) is 0. The smallest absolute Gasteiger partial charge is 0.212 e. The van der Waals surface area contributed by atoms with Gasteiger partial charge >= 0.3 is 0 Å². The van der Waals surface area contributed by atoms with Crippen LogP contribution in [0.2, 0.25) is 5.02 Å². The molecule has 0 radical (unpaired) electrons. The highest BCUT2D eigenvalue weighted by Crippen LogP contribution is 2.31. The fourth-order valence-electron chi connectivity index (χ4n) is 2.63. The summed E-state index contributed by atoms with van der Waals surface area (Å²) in [7, 11) is 0. The van der Waals surface area contributed by atoms with E-state index in [2.05, 4.69) is 10.2 Å². The maximum Gasteiger partial charge on any atom is 0.212 e. The molecule has 0 N–H and O–H groups in total. The van der Waals surface area contributed by atoms with Crippen molar-refractivity contribution in [3.8, 4) is 17.1 Å². The van der Waals surface area contributed by atoms with Crippen LogP contribution in [0.3, 0.4) is 0 Å². The molecule has 0 spiro atoms. The molecule has 0 unspecified atom stereocenters. The van der Waals surface area contributed by atoms with Crippen LogP contribution in [-0.2, 0) is 0 Å². The van der Waals surface area contributed by atoms with E-state index in [9.17, 15) is 0 Å². The highest BCUT2D eigenvalue weighted by molar-refractivity contribution is 7.99. The Kier molecular flexibility index (Phi) is 4.46. The van der Waals surface area contributed by atoms with Crippen molar-refractivity contribution >= 4 is 29.1 Å². The molecule has 0 bridgehead atoms. The molecule has 5 nitrogen and oxygen atoms in total. The van der Waals surface area contributed by atoms with Crippen molar-refractivity contribution in [2.24, 2.45) is 5.10 Å². The van der Waals surface area contributed by atoms with E-state index in [0.29, 0.717) is 17.5 Å². The van der Waals surface area contributed by atoms with Gasteiger partial charge < -0.3 is 4.74 Å². The van der Waals surface area contributed by atoms with Crippen LogP contribution in [0.15, 0.2) is 58.8 Å². The van der Waals surface area contributed by atoms with Gasteiger partial charge in [0.25, 0.3) is 0 Å². The molecule has 4 rings (SSSR count). The summed E-state index contributed by atoms with van der Waals surface area (Å²) in [6, 6.07) is 15.5. The number of nitrogens with zero attached hydrogens (tertiary/aromatic N) is 4. The number of hydrogen-bond donors (Lipinski definition) is 0. The van der Waals surface area contributed by atoms with Gasteiger partial charge in [-0.15, -0.1) is 10.2 Å². The van der Waals surface area contributed by atoms with Gasteiger partial charge in [0.2, 0.25) is 5.16 Å². The van der Waals surface area contributed by atoms with Crippen LogP contribution >= 0.6 is 23.4 Å². The normalized spacial score (nSPS) is 13.3. The van der Waals surface area contributed by atoms with Gasteiger partial charge in [-0.05, 0) is 43.3 Å². The van der Waals surface area contributed by atoms with Gasteiger partial charge in [0.05, 0.1) is 12.3 Å². The van der Waals surface area contributed by atoms with Crippen LogP contribution in [0, 0.1) is 0 Å². The summed E-state index contributed by atoms with van der Waals surface area (Å²) >= 11 is 7.59. The lowest BCUT2D eigenvalue weighted by Gasteiger charge is -2.16. The van der Waals surface area contributed by atoms with Gasteiger partial charge in [0.1, 0.15) is 5.75 Å². The number of para-hydroxylation sites is 1. The zero-order valence-corrected chi connectivity index (χ0v) is 15.1. The predicted octanol–water partition coefficient (Wildman–Crippen LogP) is 4.36. The maximum atomic E-state index is 5.98. The average Bonchev–Trinajstić information content (AvgIpc) is 3.06. The zero-order chi connectivity index (χ0) is 17.2. The molecule has 0 saturated carbocycles. The average molecular weight is 371 g/mol. The van der Waals surface area contributed by atoms with E-state index >= 15 is 0 Å².